The Bertz CT molecular complexity index is 107. The average Bonchev–Trinajstić information content (AvgIpc) is 2.14. The molecule has 0 amide bonds. The van der Waals surface area contributed by atoms with Crippen LogP contribution < -0.4 is 0 Å². The van der Waals surface area contributed by atoms with Crippen LogP contribution in [0.25, 0.3) is 0 Å². The summed E-state index contributed by atoms with van der Waals surface area (Å²) in [6.07, 6.45) is 0.234. The quantitative estimate of drug-likeness (QED) is 0.479. The van der Waals surface area contributed by atoms with Gasteiger partial charge in [-0.1, -0.05) is 20.8 Å². The average molecular weight is 209 g/mol. The molecular formula is C9H21ClOSi. The van der Waals surface area contributed by atoms with Crippen LogP contribution in [0.1, 0.15) is 27.7 Å². The fourth-order valence-corrected chi connectivity index (χ4v) is 4.56. The first-order chi connectivity index (χ1) is 5.64. The Morgan fingerprint density at radius 1 is 1.17 bits per heavy atom. The van der Waals surface area contributed by atoms with Gasteiger partial charge in [-0.3, -0.25) is 0 Å². The number of alkyl halides is 1. The lowest BCUT2D eigenvalue weighted by molar-refractivity contribution is 0.228. The molecule has 0 heterocycles. The molecule has 3 heteroatoms. The van der Waals surface area contributed by atoms with Crippen molar-refractivity contribution in [1.29, 1.82) is 0 Å². The van der Waals surface area contributed by atoms with Crippen molar-refractivity contribution >= 4 is 19.9 Å². The van der Waals surface area contributed by atoms with Gasteiger partial charge in [-0.15, -0.1) is 11.6 Å². The van der Waals surface area contributed by atoms with Crippen molar-refractivity contribution in [2.75, 3.05) is 5.88 Å². The molecule has 0 saturated carbocycles. The highest BCUT2D eigenvalue weighted by molar-refractivity contribution is 6.73. The molecule has 12 heavy (non-hydrogen) atoms. The number of hydrogen-bond acceptors (Lipinski definition) is 1. The molecule has 0 unspecified atom stereocenters. The second kappa shape index (κ2) is 6.00. The Morgan fingerprint density at radius 3 is 1.83 bits per heavy atom. The molecule has 0 spiro atoms. The maximum Gasteiger partial charge on any atom is 0.192 e. The molecule has 0 aliphatic carbocycles. The van der Waals surface area contributed by atoms with Gasteiger partial charge in [0.1, 0.15) is 0 Å². The lowest BCUT2D eigenvalue weighted by atomic mass is 10.5. The van der Waals surface area contributed by atoms with E-state index in [2.05, 4.69) is 27.7 Å². The highest BCUT2D eigenvalue weighted by Crippen LogP contribution is 2.23. The van der Waals surface area contributed by atoms with E-state index in [9.17, 15) is 0 Å². The van der Waals surface area contributed by atoms with Crippen molar-refractivity contribution in [3.8, 4) is 0 Å². The molecule has 0 aromatic heterocycles. The molecule has 0 N–H and O–H groups in total. The number of hydrogen-bond donors (Lipinski definition) is 0. The Labute approximate surface area is 82.6 Å². The smallest absolute Gasteiger partial charge is 0.192 e. The second-order valence-electron chi connectivity index (χ2n) is 3.33. The van der Waals surface area contributed by atoms with Crippen LogP contribution in [-0.2, 0) is 4.43 Å². The molecule has 0 bridgehead atoms. The molecule has 0 aromatic rings. The van der Waals surface area contributed by atoms with Gasteiger partial charge in [-0.25, -0.2) is 0 Å². The minimum absolute atomic E-state index is 0.234. The molecule has 0 aliphatic heterocycles. The van der Waals surface area contributed by atoms with Gasteiger partial charge in [0.2, 0.25) is 0 Å². The van der Waals surface area contributed by atoms with E-state index in [1.165, 1.54) is 18.1 Å². The summed E-state index contributed by atoms with van der Waals surface area (Å²) in [5.41, 5.74) is 0. The first-order valence-corrected chi connectivity index (χ1v) is 7.94. The monoisotopic (exact) mass is 208 g/mol. The highest BCUT2D eigenvalue weighted by Gasteiger charge is 2.30. The van der Waals surface area contributed by atoms with E-state index in [-0.39, 0.29) is 6.10 Å². The van der Waals surface area contributed by atoms with Gasteiger partial charge in [0.25, 0.3) is 0 Å². The molecular weight excluding hydrogens is 188 g/mol. The zero-order valence-corrected chi connectivity index (χ0v) is 10.4. The van der Waals surface area contributed by atoms with Crippen molar-refractivity contribution < 1.29 is 4.43 Å². The van der Waals surface area contributed by atoms with Crippen LogP contribution >= 0.6 is 11.6 Å². The van der Waals surface area contributed by atoms with Crippen LogP contribution in [0.2, 0.25) is 18.1 Å². The highest BCUT2D eigenvalue weighted by atomic mass is 35.5. The van der Waals surface area contributed by atoms with E-state index < -0.39 is 8.32 Å². The molecule has 74 valence electrons. The zero-order valence-electron chi connectivity index (χ0n) is 8.69. The van der Waals surface area contributed by atoms with E-state index in [4.69, 9.17) is 16.0 Å². The predicted molar refractivity (Wildman–Crippen MR) is 58.5 cm³/mol. The molecule has 0 aliphatic rings. The van der Waals surface area contributed by atoms with Crippen LogP contribution in [0, 0.1) is 0 Å². The molecule has 1 atom stereocenters. The van der Waals surface area contributed by atoms with E-state index in [1.54, 1.807) is 0 Å². The van der Waals surface area contributed by atoms with Crippen LogP contribution in [-0.4, -0.2) is 20.3 Å². The summed E-state index contributed by atoms with van der Waals surface area (Å²) in [7, 11) is -1.39. The fourth-order valence-electron chi connectivity index (χ4n) is 1.46. The van der Waals surface area contributed by atoms with Gasteiger partial charge in [-0.05, 0) is 25.1 Å². The maximum atomic E-state index is 6.04. The standard InChI is InChI=1S/C9H21ClOSi/c1-5-12(6-2,7-3)11-9(4)8-10/h9H,5-8H2,1-4H3/t9-/m1/s1. The molecule has 0 aromatic carbocycles. The summed E-state index contributed by atoms with van der Waals surface area (Å²) in [5.74, 6) is 0.620. The van der Waals surface area contributed by atoms with Crippen LogP contribution in [0.5, 0.6) is 0 Å². The van der Waals surface area contributed by atoms with Crippen LogP contribution in [0.3, 0.4) is 0 Å². The predicted octanol–water partition coefficient (Wildman–Crippen LogP) is 3.64. The van der Waals surface area contributed by atoms with Gasteiger partial charge in [0, 0.05) is 5.88 Å². The van der Waals surface area contributed by atoms with Crippen LogP contribution in [0.4, 0.5) is 0 Å². The first kappa shape index (κ1) is 12.5. The minimum Gasteiger partial charge on any atom is -0.413 e. The SMILES string of the molecule is CC[Si](CC)(CC)O[C@H](C)CCl. The molecule has 0 rings (SSSR count). The number of rotatable bonds is 6. The topological polar surface area (TPSA) is 9.23 Å². The van der Waals surface area contributed by atoms with Crippen molar-refractivity contribution in [1.82, 2.24) is 0 Å². The van der Waals surface area contributed by atoms with Gasteiger partial charge in [-0.2, -0.15) is 0 Å². The van der Waals surface area contributed by atoms with Gasteiger partial charge >= 0.3 is 0 Å². The van der Waals surface area contributed by atoms with Crippen molar-refractivity contribution in [3.05, 3.63) is 0 Å². The third-order valence-electron chi connectivity index (χ3n) is 2.60. The summed E-state index contributed by atoms with van der Waals surface area (Å²) in [6.45, 7) is 8.77. The fraction of sp³-hybridized carbons (Fsp3) is 1.00. The minimum atomic E-state index is -1.39. The lowest BCUT2D eigenvalue weighted by Crippen LogP contribution is -2.39. The number of halogens is 1. The largest absolute Gasteiger partial charge is 0.413 e. The van der Waals surface area contributed by atoms with Crippen molar-refractivity contribution in [2.45, 2.75) is 51.9 Å². The molecule has 0 saturated heterocycles. The summed E-state index contributed by atoms with van der Waals surface area (Å²) in [5, 5.41) is 0. The third-order valence-corrected chi connectivity index (χ3v) is 7.80. The maximum absolute atomic E-state index is 6.04. The van der Waals surface area contributed by atoms with E-state index in [0.717, 1.165) is 0 Å². The molecule has 0 radical (unpaired) electrons. The zero-order chi connectivity index (χ0) is 9.61. The summed E-state index contributed by atoms with van der Waals surface area (Å²) < 4.78 is 6.04. The first-order valence-electron chi connectivity index (χ1n) is 4.87. The Morgan fingerprint density at radius 2 is 1.58 bits per heavy atom. The summed E-state index contributed by atoms with van der Waals surface area (Å²) in [6, 6.07) is 3.63. The Kier molecular flexibility index (Phi) is 6.24. The molecule has 1 nitrogen and oxygen atoms in total. The lowest BCUT2D eigenvalue weighted by Gasteiger charge is -2.30. The Hall–Kier alpha value is 0.467. The van der Waals surface area contributed by atoms with Crippen molar-refractivity contribution in [2.24, 2.45) is 0 Å². The van der Waals surface area contributed by atoms with E-state index in [0.29, 0.717) is 5.88 Å². The van der Waals surface area contributed by atoms with E-state index in [1.807, 2.05) is 0 Å². The normalized spacial score (nSPS) is 14.8. The van der Waals surface area contributed by atoms with Gasteiger partial charge in [0.15, 0.2) is 8.32 Å². The Balaban J connectivity index is 4.09. The molecule has 0 fully saturated rings. The van der Waals surface area contributed by atoms with Gasteiger partial charge in [0.05, 0.1) is 6.10 Å². The van der Waals surface area contributed by atoms with Gasteiger partial charge < -0.3 is 4.43 Å². The summed E-state index contributed by atoms with van der Waals surface area (Å²) in [4.78, 5) is 0. The van der Waals surface area contributed by atoms with Crippen molar-refractivity contribution in [3.63, 3.8) is 0 Å². The third kappa shape index (κ3) is 3.46. The second-order valence-corrected chi connectivity index (χ2v) is 8.36. The van der Waals surface area contributed by atoms with Crippen LogP contribution in [0.15, 0.2) is 0 Å². The van der Waals surface area contributed by atoms with E-state index >= 15 is 0 Å². The summed E-state index contributed by atoms with van der Waals surface area (Å²) >= 11 is 5.73.